The molecule has 0 aliphatic rings. The summed E-state index contributed by atoms with van der Waals surface area (Å²) in [7, 11) is 1.78. The van der Waals surface area contributed by atoms with Crippen molar-refractivity contribution in [2.24, 2.45) is 0 Å². The molecule has 0 fully saturated rings. The van der Waals surface area contributed by atoms with Gasteiger partial charge in [0.25, 0.3) is 0 Å². The van der Waals surface area contributed by atoms with Gasteiger partial charge in [0.2, 0.25) is 0 Å². The minimum absolute atomic E-state index is 0.105. The fourth-order valence-corrected chi connectivity index (χ4v) is 3.79. The normalized spacial score (nSPS) is 10.8. The van der Waals surface area contributed by atoms with E-state index in [0.717, 1.165) is 25.8 Å². The molecule has 2 amide bonds. The second kappa shape index (κ2) is 6.41. The van der Waals surface area contributed by atoms with Gasteiger partial charge in [0.1, 0.15) is 5.01 Å². The van der Waals surface area contributed by atoms with Crippen molar-refractivity contribution < 1.29 is 4.79 Å². The largest absolute Gasteiger partial charge is 0.333 e. The second-order valence-electron chi connectivity index (χ2n) is 4.95. The van der Waals surface area contributed by atoms with Crippen LogP contribution in [0.2, 0.25) is 0 Å². The Labute approximate surface area is 136 Å². The van der Waals surface area contributed by atoms with Crippen LogP contribution in [0.3, 0.4) is 0 Å². The molecular weight excluding hydrogens is 316 g/mol. The molecule has 3 rings (SSSR count). The summed E-state index contributed by atoms with van der Waals surface area (Å²) in [5, 5.41) is 3.85. The number of hydrogen-bond donors (Lipinski definition) is 1. The lowest BCUT2D eigenvalue weighted by atomic mass is 10.3. The summed E-state index contributed by atoms with van der Waals surface area (Å²) in [5.41, 5.74) is 3.75. The molecule has 0 saturated carbocycles. The molecule has 0 aliphatic carbocycles. The number of nitrogens with one attached hydrogen (secondary N) is 1. The van der Waals surface area contributed by atoms with Crippen molar-refractivity contribution in [1.82, 2.24) is 20.2 Å². The number of aromatic nitrogens is 2. The monoisotopic (exact) mass is 332 g/mol. The van der Waals surface area contributed by atoms with Gasteiger partial charge in [-0.15, -0.1) is 22.7 Å². The van der Waals surface area contributed by atoms with Gasteiger partial charge in [-0.1, -0.05) is 12.1 Å². The lowest BCUT2D eigenvalue weighted by molar-refractivity contribution is 0.206. The van der Waals surface area contributed by atoms with E-state index in [1.54, 1.807) is 40.1 Å². The molecule has 22 heavy (non-hydrogen) atoms. The number of carbonyl (C=O) groups is 1. The highest BCUT2D eigenvalue weighted by Gasteiger charge is 2.12. The van der Waals surface area contributed by atoms with Crippen LogP contribution in [0.25, 0.3) is 10.2 Å². The van der Waals surface area contributed by atoms with Gasteiger partial charge < -0.3 is 10.2 Å². The molecule has 3 aromatic rings. The van der Waals surface area contributed by atoms with Gasteiger partial charge in [0, 0.05) is 11.9 Å². The topological polar surface area (TPSA) is 58.1 Å². The van der Waals surface area contributed by atoms with Crippen molar-refractivity contribution in [2.75, 3.05) is 7.05 Å². The van der Waals surface area contributed by atoms with Crippen molar-refractivity contribution >= 4 is 38.9 Å². The summed E-state index contributed by atoms with van der Waals surface area (Å²) in [6.45, 7) is 2.97. The molecule has 2 heterocycles. The summed E-state index contributed by atoms with van der Waals surface area (Å²) in [6.07, 6.45) is 0. The van der Waals surface area contributed by atoms with Gasteiger partial charge in [-0.05, 0) is 19.1 Å². The number of carbonyl (C=O) groups excluding carboxylic acids is 1. The molecule has 114 valence electrons. The first-order valence-corrected chi connectivity index (χ1v) is 8.55. The summed E-state index contributed by atoms with van der Waals surface area (Å²) in [6, 6.07) is 7.90. The Kier molecular flexibility index (Phi) is 4.35. The lowest BCUT2D eigenvalue weighted by Gasteiger charge is -2.16. The zero-order valence-electron chi connectivity index (χ0n) is 12.4. The number of fused-ring (bicyclic) bond motifs is 1. The number of benzene rings is 1. The highest BCUT2D eigenvalue weighted by Crippen LogP contribution is 2.22. The maximum Gasteiger partial charge on any atom is 0.317 e. The summed E-state index contributed by atoms with van der Waals surface area (Å²) in [5.74, 6) is 0. The number of para-hydroxylation sites is 1. The Hall–Kier alpha value is -1.99. The van der Waals surface area contributed by atoms with Crippen LogP contribution in [0.4, 0.5) is 4.79 Å². The SMILES string of the molecule is Cc1ncsc1CNC(=O)N(C)Cc1nc2ccccc2s1. The molecule has 0 spiro atoms. The molecule has 2 aromatic heterocycles. The van der Waals surface area contributed by atoms with Crippen LogP contribution >= 0.6 is 22.7 Å². The van der Waals surface area contributed by atoms with Crippen molar-refractivity contribution in [3.8, 4) is 0 Å². The number of amides is 2. The summed E-state index contributed by atoms with van der Waals surface area (Å²) < 4.78 is 1.14. The molecule has 0 saturated heterocycles. The third kappa shape index (κ3) is 3.26. The Morgan fingerprint density at radius 2 is 2.18 bits per heavy atom. The van der Waals surface area contributed by atoms with E-state index in [1.807, 2.05) is 31.2 Å². The van der Waals surface area contributed by atoms with Crippen LogP contribution in [-0.4, -0.2) is 27.9 Å². The van der Waals surface area contributed by atoms with Crippen LogP contribution in [0, 0.1) is 6.92 Å². The number of urea groups is 1. The van der Waals surface area contributed by atoms with Crippen molar-refractivity contribution in [1.29, 1.82) is 0 Å². The van der Waals surface area contributed by atoms with Gasteiger partial charge in [0.05, 0.1) is 34.5 Å². The Morgan fingerprint density at radius 1 is 1.36 bits per heavy atom. The first-order chi connectivity index (χ1) is 10.6. The zero-order valence-corrected chi connectivity index (χ0v) is 14.0. The number of rotatable bonds is 4. The number of aryl methyl sites for hydroxylation is 1. The highest BCUT2D eigenvalue weighted by molar-refractivity contribution is 7.18. The van der Waals surface area contributed by atoms with Gasteiger partial charge in [-0.25, -0.2) is 14.8 Å². The second-order valence-corrected chi connectivity index (χ2v) is 7.01. The molecule has 1 aromatic carbocycles. The van der Waals surface area contributed by atoms with E-state index in [1.165, 1.54) is 0 Å². The highest BCUT2D eigenvalue weighted by atomic mass is 32.1. The van der Waals surface area contributed by atoms with Gasteiger partial charge in [-0.3, -0.25) is 0 Å². The maximum absolute atomic E-state index is 12.1. The minimum atomic E-state index is -0.105. The molecule has 0 radical (unpaired) electrons. The molecule has 7 heteroatoms. The Morgan fingerprint density at radius 3 is 2.91 bits per heavy atom. The molecule has 0 aliphatic heterocycles. The van der Waals surface area contributed by atoms with Gasteiger partial charge >= 0.3 is 6.03 Å². The van der Waals surface area contributed by atoms with Crippen molar-refractivity contribution in [3.05, 3.63) is 45.4 Å². The standard InChI is InChI=1S/C15H16N4OS2/c1-10-13(21-9-17-10)7-16-15(20)19(2)8-14-18-11-5-3-4-6-12(11)22-14/h3-6,9H,7-8H2,1-2H3,(H,16,20). The molecule has 0 bridgehead atoms. The van der Waals surface area contributed by atoms with E-state index in [0.29, 0.717) is 13.1 Å². The number of hydrogen-bond acceptors (Lipinski definition) is 5. The fourth-order valence-electron chi connectivity index (χ4n) is 2.05. The summed E-state index contributed by atoms with van der Waals surface area (Å²) >= 11 is 3.18. The molecule has 1 N–H and O–H groups in total. The quantitative estimate of drug-likeness (QED) is 0.796. The predicted octanol–water partition coefficient (Wildman–Crippen LogP) is 3.40. The van der Waals surface area contributed by atoms with E-state index in [9.17, 15) is 4.79 Å². The van der Waals surface area contributed by atoms with E-state index >= 15 is 0 Å². The Balaban J connectivity index is 1.59. The van der Waals surface area contributed by atoms with E-state index < -0.39 is 0 Å². The fraction of sp³-hybridized carbons (Fsp3) is 0.267. The molecule has 5 nitrogen and oxygen atoms in total. The average Bonchev–Trinajstić information content (AvgIpc) is 3.10. The average molecular weight is 332 g/mol. The van der Waals surface area contributed by atoms with Gasteiger partial charge in [-0.2, -0.15) is 0 Å². The van der Waals surface area contributed by atoms with Crippen molar-refractivity contribution in [2.45, 2.75) is 20.0 Å². The third-order valence-corrected chi connectivity index (χ3v) is 5.26. The van der Waals surface area contributed by atoms with E-state index in [4.69, 9.17) is 0 Å². The smallest absolute Gasteiger partial charge is 0.317 e. The number of nitrogens with zero attached hydrogens (tertiary/aromatic N) is 3. The lowest BCUT2D eigenvalue weighted by Crippen LogP contribution is -2.36. The van der Waals surface area contributed by atoms with Crippen LogP contribution in [0.5, 0.6) is 0 Å². The first kappa shape index (κ1) is 14.9. The van der Waals surface area contributed by atoms with Gasteiger partial charge in [0.15, 0.2) is 0 Å². The predicted molar refractivity (Wildman–Crippen MR) is 90.2 cm³/mol. The van der Waals surface area contributed by atoms with E-state index in [-0.39, 0.29) is 6.03 Å². The molecular formula is C15H16N4OS2. The molecule has 0 unspecified atom stereocenters. The van der Waals surface area contributed by atoms with Crippen LogP contribution in [-0.2, 0) is 13.1 Å². The van der Waals surface area contributed by atoms with Crippen LogP contribution < -0.4 is 5.32 Å². The zero-order chi connectivity index (χ0) is 15.5. The third-order valence-electron chi connectivity index (χ3n) is 3.30. The summed E-state index contributed by atoms with van der Waals surface area (Å²) in [4.78, 5) is 23.6. The maximum atomic E-state index is 12.1. The minimum Gasteiger partial charge on any atom is -0.333 e. The van der Waals surface area contributed by atoms with E-state index in [2.05, 4.69) is 15.3 Å². The van der Waals surface area contributed by atoms with Crippen LogP contribution in [0.15, 0.2) is 29.8 Å². The molecule has 0 atom stereocenters. The number of thiazole rings is 2. The van der Waals surface area contributed by atoms with Crippen LogP contribution in [0.1, 0.15) is 15.6 Å². The van der Waals surface area contributed by atoms with Crippen molar-refractivity contribution in [3.63, 3.8) is 0 Å². The Bertz CT molecular complexity index is 763. The first-order valence-electron chi connectivity index (χ1n) is 6.86.